The summed E-state index contributed by atoms with van der Waals surface area (Å²) in [5.74, 6) is 0.995. The molecule has 0 aromatic rings. The fraction of sp³-hybridized carbons (Fsp3) is 0.778. The lowest BCUT2D eigenvalue weighted by Crippen LogP contribution is -2.36. The van der Waals surface area contributed by atoms with Gasteiger partial charge in [-0.25, -0.2) is 0 Å². The maximum atomic E-state index is 11.4. The Morgan fingerprint density at radius 1 is 1.85 bits per heavy atom. The first-order valence-corrected chi connectivity index (χ1v) is 5.76. The molecule has 0 spiro atoms. The van der Waals surface area contributed by atoms with Crippen molar-refractivity contribution in [3.63, 3.8) is 0 Å². The van der Waals surface area contributed by atoms with Crippen LogP contribution in [-0.4, -0.2) is 35.4 Å². The molecule has 1 aliphatic rings. The van der Waals surface area contributed by atoms with Gasteiger partial charge in [0.25, 0.3) is 0 Å². The van der Waals surface area contributed by atoms with Gasteiger partial charge in [-0.05, 0) is 13.2 Å². The van der Waals surface area contributed by atoms with E-state index in [2.05, 4.69) is 6.07 Å². The number of carbonyl (C=O) groups is 1. The molecule has 0 aromatic heterocycles. The van der Waals surface area contributed by atoms with E-state index in [4.69, 9.17) is 5.26 Å². The van der Waals surface area contributed by atoms with Crippen LogP contribution in [0.3, 0.4) is 0 Å². The van der Waals surface area contributed by atoms with Gasteiger partial charge >= 0.3 is 0 Å². The van der Waals surface area contributed by atoms with Crippen LogP contribution in [0.2, 0.25) is 0 Å². The Kier molecular flexibility index (Phi) is 3.61. The van der Waals surface area contributed by atoms with Gasteiger partial charge in [0, 0.05) is 24.8 Å². The number of hydrogen-bond donors (Lipinski definition) is 0. The smallest absolute Gasteiger partial charge is 0.224 e. The van der Waals surface area contributed by atoms with E-state index in [-0.39, 0.29) is 17.9 Å². The minimum atomic E-state index is -0.0863. The van der Waals surface area contributed by atoms with E-state index in [1.54, 1.807) is 11.8 Å². The molecule has 13 heavy (non-hydrogen) atoms. The fourth-order valence-corrected chi connectivity index (χ4v) is 2.24. The summed E-state index contributed by atoms with van der Waals surface area (Å²) in [4.78, 5) is 13.2. The van der Waals surface area contributed by atoms with Crippen molar-refractivity contribution in [3.05, 3.63) is 0 Å². The SMILES string of the molecule is CSCC(C)N1CC(C#N)CC1=O. The minimum Gasteiger partial charge on any atom is -0.338 e. The lowest BCUT2D eigenvalue weighted by atomic mass is 10.1. The third kappa shape index (κ3) is 2.38. The molecule has 0 aromatic carbocycles. The van der Waals surface area contributed by atoms with Gasteiger partial charge in [0.05, 0.1) is 12.0 Å². The van der Waals surface area contributed by atoms with E-state index in [1.165, 1.54) is 0 Å². The second-order valence-electron chi connectivity index (χ2n) is 3.38. The molecular formula is C9H14N2OS. The number of likely N-dealkylation sites (tertiary alicyclic amines) is 1. The molecule has 0 aliphatic carbocycles. The number of thioether (sulfide) groups is 1. The highest BCUT2D eigenvalue weighted by molar-refractivity contribution is 7.98. The number of amides is 1. The maximum Gasteiger partial charge on any atom is 0.224 e. The van der Waals surface area contributed by atoms with Crippen LogP contribution in [0.4, 0.5) is 0 Å². The Bertz CT molecular complexity index is 236. The van der Waals surface area contributed by atoms with E-state index in [0.717, 1.165) is 5.75 Å². The summed E-state index contributed by atoms with van der Waals surface area (Å²) in [6, 6.07) is 2.42. The largest absolute Gasteiger partial charge is 0.338 e. The molecule has 0 saturated carbocycles. The van der Waals surface area contributed by atoms with Crippen LogP contribution >= 0.6 is 11.8 Å². The fourth-order valence-electron chi connectivity index (χ4n) is 1.58. The zero-order valence-corrected chi connectivity index (χ0v) is 8.80. The van der Waals surface area contributed by atoms with Crippen LogP contribution in [-0.2, 0) is 4.79 Å². The molecule has 72 valence electrons. The monoisotopic (exact) mass is 198 g/mol. The number of carbonyl (C=O) groups excluding carboxylic acids is 1. The van der Waals surface area contributed by atoms with Crippen molar-refractivity contribution in [2.45, 2.75) is 19.4 Å². The Labute approximate surface area is 83.1 Å². The Balaban J connectivity index is 2.52. The molecule has 2 atom stereocenters. The number of nitrogens with zero attached hydrogens (tertiary/aromatic N) is 2. The van der Waals surface area contributed by atoms with Crippen LogP contribution < -0.4 is 0 Å². The van der Waals surface area contributed by atoms with Crippen molar-refractivity contribution in [3.8, 4) is 6.07 Å². The maximum absolute atomic E-state index is 11.4. The van der Waals surface area contributed by atoms with Crippen LogP contribution in [0.5, 0.6) is 0 Å². The lowest BCUT2D eigenvalue weighted by molar-refractivity contribution is -0.129. The second kappa shape index (κ2) is 4.52. The first-order chi connectivity index (χ1) is 6.19. The highest BCUT2D eigenvalue weighted by Crippen LogP contribution is 2.20. The normalized spacial score (nSPS) is 24.5. The summed E-state index contributed by atoms with van der Waals surface area (Å²) < 4.78 is 0. The standard InChI is InChI=1S/C9H14N2OS/c1-7(6-13-2)11-5-8(4-10)3-9(11)12/h7-8H,3,5-6H2,1-2H3. The molecular weight excluding hydrogens is 184 g/mol. The van der Waals surface area contributed by atoms with Crippen molar-refractivity contribution in [2.24, 2.45) is 5.92 Å². The van der Waals surface area contributed by atoms with Gasteiger partial charge in [-0.1, -0.05) is 0 Å². The van der Waals surface area contributed by atoms with E-state index in [0.29, 0.717) is 13.0 Å². The molecule has 1 aliphatic heterocycles. The molecule has 0 N–H and O–H groups in total. The van der Waals surface area contributed by atoms with Crippen molar-refractivity contribution < 1.29 is 4.79 Å². The van der Waals surface area contributed by atoms with Gasteiger partial charge < -0.3 is 4.90 Å². The van der Waals surface area contributed by atoms with Gasteiger partial charge in [-0.3, -0.25) is 4.79 Å². The lowest BCUT2D eigenvalue weighted by Gasteiger charge is -2.23. The van der Waals surface area contributed by atoms with E-state index >= 15 is 0 Å². The van der Waals surface area contributed by atoms with Gasteiger partial charge in [-0.2, -0.15) is 17.0 Å². The zero-order valence-electron chi connectivity index (χ0n) is 7.99. The summed E-state index contributed by atoms with van der Waals surface area (Å²) >= 11 is 1.73. The summed E-state index contributed by atoms with van der Waals surface area (Å²) in [7, 11) is 0. The number of rotatable bonds is 3. The van der Waals surface area contributed by atoms with Gasteiger partial charge in [0.1, 0.15) is 0 Å². The molecule has 4 heteroatoms. The highest BCUT2D eigenvalue weighted by Gasteiger charge is 2.32. The van der Waals surface area contributed by atoms with Crippen molar-refractivity contribution in [1.82, 2.24) is 4.90 Å². The average Bonchev–Trinajstić information content (AvgIpc) is 2.47. The van der Waals surface area contributed by atoms with E-state index in [1.807, 2.05) is 18.1 Å². The van der Waals surface area contributed by atoms with E-state index in [9.17, 15) is 4.79 Å². The third-order valence-corrected chi connectivity index (χ3v) is 3.10. The Hall–Kier alpha value is -0.690. The molecule has 1 amide bonds. The summed E-state index contributed by atoms with van der Waals surface area (Å²) in [5.41, 5.74) is 0. The van der Waals surface area contributed by atoms with Gasteiger partial charge in [0.2, 0.25) is 5.91 Å². The first-order valence-electron chi connectivity index (χ1n) is 4.37. The summed E-state index contributed by atoms with van der Waals surface area (Å²) in [6.07, 6.45) is 2.44. The van der Waals surface area contributed by atoms with Crippen molar-refractivity contribution >= 4 is 17.7 Å². The van der Waals surface area contributed by atoms with Crippen LogP contribution in [0.15, 0.2) is 0 Å². The molecule has 1 saturated heterocycles. The zero-order chi connectivity index (χ0) is 9.84. The van der Waals surface area contributed by atoms with Crippen molar-refractivity contribution in [1.29, 1.82) is 5.26 Å². The van der Waals surface area contributed by atoms with Gasteiger partial charge in [-0.15, -0.1) is 0 Å². The predicted molar refractivity (Wildman–Crippen MR) is 53.3 cm³/mol. The molecule has 0 radical (unpaired) electrons. The summed E-state index contributed by atoms with van der Waals surface area (Å²) in [6.45, 7) is 2.66. The van der Waals surface area contributed by atoms with Crippen LogP contribution in [0.25, 0.3) is 0 Å². The third-order valence-electron chi connectivity index (χ3n) is 2.28. The quantitative estimate of drug-likeness (QED) is 0.682. The predicted octanol–water partition coefficient (Wildman–Crippen LogP) is 1.11. The van der Waals surface area contributed by atoms with E-state index < -0.39 is 0 Å². The Morgan fingerprint density at radius 3 is 3.00 bits per heavy atom. The first kappa shape index (κ1) is 10.4. The highest BCUT2D eigenvalue weighted by atomic mass is 32.2. The molecule has 1 heterocycles. The molecule has 1 rings (SSSR count). The molecule has 0 bridgehead atoms. The van der Waals surface area contributed by atoms with Crippen molar-refractivity contribution in [2.75, 3.05) is 18.6 Å². The Morgan fingerprint density at radius 2 is 2.54 bits per heavy atom. The second-order valence-corrected chi connectivity index (χ2v) is 4.29. The van der Waals surface area contributed by atoms with Gasteiger partial charge in [0.15, 0.2) is 0 Å². The molecule has 2 unspecified atom stereocenters. The molecule has 1 fully saturated rings. The minimum absolute atomic E-state index is 0.0863. The topological polar surface area (TPSA) is 44.1 Å². The number of hydrogen-bond acceptors (Lipinski definition) is 3. The van der Waals surface area contributed by atoms with Crippen LogP contribution in [0.1, 0.15) is 13.3 Å². The molecule has 3 nitrogen and oxygen atoms in total. The van der Waals surface area contributed by atoms with Crippen LogP contribution in [0, 0.1) is 17.2 Å². The summed E-state index contributed by atoms with van der Waals surface area (Å²) in [5, 5.41) is 8.68. The number of nitriles is 1. The average molecular weight is 198 g/mol.